The lowest BCUT2D eigenvalue weighted by Crippen LogP contribution is -2.25. The third kappa shape index (κ3) is 2.45. The second kappa shape index (κ2) is 4.81. The summed E-state index contributed by atoms with van der Waals surface area (Å²) in [5.41, 5.74) is 3.05. The summed E-state index contributed by atoms with van der Waals surface area (Å²) in [7, 11) is 0. The number of aromatic nitrogens is 3. The van der Waals surface area contributed by atoms with E-state index in [4.69, 9.17) is 4.74 Å². The van der Waals surface area contributed by atoms with Crippen LogP contribution in [-0.2, 0) is 11.3 Å². The monoisotopic (exact) mass is 232 g/mol. The molecule has 0 bridgehead atoms. The van der Waals surface area contributed by atoms with E-state index < -0.39 is 0 Å². The van der Waals surface area contributed by atoms with E-state index in [9.17, 15) is 0 Å². The van der Waals surface area contributed by atoms with Crippen molar-refractivity contribution in [2.45, 2.75) is 25.5 Å². The van der Waals surface area contributed by atoms with Gasteiger partial charge in [-0.15, -0.1) is 0 Å². The van der Waals surface area contributed by atoms with Gasteiger partial charge in [0.25, 0.3) is 0 Å². The Morgan fingerprint density at radius 3 is 3.18 bits per heavy atom. The molecule has 1 atom stereocenters. The molecule has 0 aliphatic carbocycles. The van der Waals surface area contributed by atoms with Crippen LogP contribution in [0.4, 0.5) is 0 Å². The summed E-state index contributed by atoms with van der Waals surface area (Å²) < 4.78 is 5.56. The lowest BCUT2D eigenvalue weighted by molar-refractivity contribution is 0.110. The van der Waals surface area contributed by atoms with Gasteiger partial charge in [-0.3, -0.25) is 0 Å². The van der Waals surface area contributed by atoms with E-state index in [2.05, 4.69) is 32.9 Å². The number of fused-ring (bicyclic) bond motifs is 1. The molecule has 1 saturated heterocycles. The molecular formula is C12H16N4O. The van der Waals surface area contributed by atoms with Crippen molar-refractivity contribution in [3.8, 4) is 0 Å². The Hall–Kier alpha value is -1.46. The summed E-state index contributed by atoms with van der Waals surface area (Å²) in [6, 6.07) is 6.12. The molecule has 0 spiro atoms. The topological polar surface area (TPSA) is 62.8 Å². The Kier molecular flexibility index (Phi) is 3.02. The summed E-state index contributed by atoms with van der Waals surface area (Å²) in [4.78, 5) is 0. The van der Waals surface area contributed by atoms with Crippen LogP contribution in [0.1, 0.15) is 18.4 Å². The fraction of sp³-hybridized carbons (Fsp3) is 0.500. The van der Waals surface area contributed by atoms with Crippen molar-refractivity contribution >= 4 is 11.0 Å². The SMILES string of the molecule is c1cc2n[nH]nc2cc1CNCC1CCCO1. The number of hydrogen-bond acceptors (Lipinski definition) is 4. The molecule has 1 fully saturated rings. The Morgan fingerprint density at radius 2 is 2.29 bits per heavy atom. The maximum atomic E-state index is 5.56. The first-order chi connectivity index (χ1) is 8.42. The second-order valence-electron chi connectivity index (χ2n) is 4.41. The van der Waals surface area contributed by atoms with E-state index in [1.54, 1.807) is 0 Å². The molecule has 0 amide bonds. The first-order valence-electron chi connectivity index (χ1n) is 6.03. The molecule has 1 aromatic carbocycles. The van der Waals surface area contributed by atoms with Crippen molar-refractivity contribution in [1.29, 1.82) is 0 Å². The van der Waals surface area contributed by atoms with E-state index in [0.29, 0.717) is 6.10 Å². The van der Waals surface area contributed by atoms with Crippen molar-refractivity contribution in [3.05, 3.63) is 23.8 Å². The van der Waals surface area contributed by atoms with Gasteiger partial charge in [0.1, 0.15) is 11.0 Å². The normalized spacial score (nSPS) is 20.1. The van der Waals surface area contributed by atoms with E-state index in [1.807, 2.05) is 6.07 Å². The minimum atomic E-state index is 0.394. The van der Waals surface area contributed by atoms with Crippen LogP contribution < -0.4 is 5.32 Å². The fourth-order valence-corrected chi connectivity index (χ4v) is 2.18. The summed E-state index contributed by atoms with van der Waals surface area (Å²) in [5, 5.41) is 14.1. The standard InChI is InChI=1S/C12H16N4O/c1-2-10(17-5-1)8-13-7-9-3-4-11-12(6-9)15-16-14-11/h3-4,6,10,13H,1-2,5,7-8H2,(H,14,15,16). The number of nitrogens with zero attached hydrogens (tertiary/aromatic N) is 2. The molecule has 1 aliphatic rings. The van der Waals surface area contributed by atoms with Gasteiger partial charge in [0, 0.05) is 19.7 Å². The molecule has 5 nitrogen and oxygen atoms in total. The van der Waals surface area contributed by atoms with Crippen molar-refractivity contribution in [3.63, 3.8) is 0 Å². The van der Waals surface area contributed by atoms with Crippen LogP contribution in [0.5, 0.6) is 0 Å². The molecule has 1 aliphatic heterocycles. The van der Waals surface area contributed by atoms with Crippen molar-refractivity contribution < 1.29 is 4.74 Å². The molecule has 0 radical (unpaired) electrons. The number of benzene rings is 1. The van der Waals surface area contributed by atoms with Crippen LogP contribution in [-0.4, -0.2) is 34.7 Å². The molecule has 90 valence electrons. The third-order valence-electron chi connectivity index (χ3n) is 3.11. The van der Waals surface area contributed by atoms with E-state index in [0.717, 1.165) is 30.7 Å². The summed E-state index contributed by atoms with van der Waals surface area (Å²) >= 11 is 0. The van der Waals surface area contributed by atoms with Gasteiger partial charge < -0.3 is 10.1 Å². The van der Waals surface area contributed by atoms with E-state index >= 15 is 0 Å². The smallest absolute Gasteiger partial charge is 0.113 e. The maximum absolute atomic E-state index is 5.56. The molecule has 0 saturated carbocycles. The van der Waals surface area contributed by atoms with Crippen LogP contribution >= 0.6 is 0 Å². The quantitative estimate of drug-likeness (QED) is 0.832. The summed E-state index contributed by atoms with van der Waals surface area (Å²) in [6.45, 7) is 2.69. The average Bonchev–Trinajstić information content (AvgIpc) is 2.98. The van der Waals surface area contributed by atoms with Gasteiger partial charge in [-0.25, -0.2) is 0 Å². The van der Waals surface area contributed by atoms with Gasteiger partial charge in [-0.05, 0) is 30.5 Å². The highest BCUT2D eigenvalue weighted by atomic mass is 16.5. The minimum Gasteiger partial charge on any atom is -0.377 e. The number of H-pyrrole nitrogens is 1. The van der Waals surface area contributed by atoms with E-state index in [-0.39, 0.29) is 0 Å². The van der Waals surface area contributed by atoms with Gasteiger partial charge in [0.05, 0.1) is 6.10 Å². The van der Waals surface area contributed by atoms with Crippen molar-refractivity contribution in [1.82, 2.24) is 20.7 Å². The molecule has 2 N–H and O–H groups in total. The molecule has 2 heterocycles. The molecule has 2 aromatic rings. The van der Waals surface area contributed by atoms with Gasteiger partial charge in [0.15, 0.2) is 0 Å². The van der Waals surface area contributed by atoms with Crippen molar-refractivity contribution in [2.75, 3.05) is 13.2 Å². The van der Waals surface area contributed by atoms with Crippen LogP contribution in [0.2, 0.25) is 0 Å². The van der Waals surface area contributed by atoms with Gasteiger partial charge >= 0.3 is 0 Å². The van der Waals surface area contributed by atoms with Crippen LogP contribution in [0.15, 0.2) is 18.2 Å². The number of hydrogen-bond donors (Lipinski definition) is 2. The number of nitrogens with one attached hydrogen (secondary N) is 2. The number of ether oxygens (including phenoxy) is 1. The highest BCUT2D eigenvalue weighted by Crippen LogP contribution is 2.12. The largest absolute Gasteiger partial charge is 0.377 e. The summed E-state index contributed by atoms with van der Waals surface area (Å²) in [6.07, 6.45) is 2.76. The van der Waals surface area contributed by atoms with Gasteiger partial charge in [-0.2, -0.15) is 15.4 Å². The number of rotatable bonds is 4. The average molecular weight is 232 g/mol. The Morgan fingerprint density at radius 1 is 1.35 bits per heavy atom. The Balaban J connectivity index is 1.56. The van der Waals surface area contributed by atoms with Gasteiger partial charge in [0.2, 0.25) is 0 Å². The Labute approximate surface area is 99.5 Å². The predicted octanol–water partition coefficient (Wildman–Crippen LogP) is 1.23. The van der Waals surface area contributed by atoms with Crippen LogP contribution in [0.25, 0.3) is 11.0 Å². The highest BCUT2D eigenvalue weighted by Gasteiger charge is 2.14. The number of aromatic amines is 1. The molecule has 17 heavy (non-hydrogen) atoms. The maximum Gasteiger partial charge on any atom is 0.113 e. The first kappa shape index (κ1) is 10.7. The lowest BCUT2D eigenvalue weighted by atomic mass is 10.2. The molecule has 1 aromatic heterocycles. The zero-order chi connectivity index (χ0) is 11.5. The minimum absolute atomic E-state index is 0.394. The molecule has 1 unspecified atom stereocenters. The van der Waals surface area contributed by atoms with Crippen LogP contribution in [0, 0.1) is 0 Å². The molecule has 3 rings (SSSR count). The zero-order valence-corrected chi connectivity index (χ0v) is 9.65. The van der Waals surface area contributed by atoms with E-state index in [1.165, 1.54) is 18.4 Å². The zero-order valence-electron chi connectivity index (χ0n) is 9.65. The highest BCUT2D eigenvalue weighted by molar-refractivity contribution is 5.74. The fourth-order valence-electron chi connectivity index (χ4n) is 2.18. The Bertz CT molecular complexity index is 490. The first-order valence-corrected chi connectivity index (χ1v) is 6.03. The van der Waals surface area contributed by atoms with Crippen LogP contribution in [0.3, 0.4) is 0 Å². The van der Waals surface area contributed by atoms with Gasteiger partial charge in [-0.1, -0.05) is 6.07 Å². The molecular weight excluding hydrogens is 216 g/mol. The summed E-state index contributed by atoms with van der Waals surface area (Å²) in [5.74, 6) is 0. The van der Waals surface area contributed by atoms with Crippen molar-refractivity contribution in [2.24, 2.45) is 0 Å². The molecule has 5 heteroatoms. The second-order valence-corrected chi connectivity index (χ2v) is 4.41. The lowest BCUT2D eigenvalue weighted by Gasteiger charge is -2.10. The third-order valence-corrected chi connectivity index (χ3v) is 3.11. The predicted molar refractivity (Wildman–Crippen MR) is 64.6 cm³/mol.